The molecule has 41 heavy (non-hydrogen) atoms. The molecule has 3 amide bonds. The molecule has 0 aliphatic carbocycles. The molecule has 8 heteroatoms. The van der Waals surface area contributed by atoms with Crippen molar-refractivity contribution in [2.24, 2.45) is 5.41 Å². The van der Waals surface area contributed by atoms with Gasteiger partial charge in [-0.05, 0) is 54.2 Å². The largest absolute Gasteiger partial charge is 0.457 e. The standard InChI is InChI=1S/C33H38N4O4/c1-33(2,3)30(31(39)34-24-16-18-36(19-17-24)21-23-10-6-4-7-11-23)37-22-29(38)35-28-15-14-26(20-27(28)32(37)40)41-25-12-8-5-9-13-25/h4-15,20,24,30H,16-19,21-22H2,1-3H3,(H,34,39)(H,35,38). The molecular weight excluding hydrogens is 516 g/mol. The van der Waals surface area contributed by atoms with Crippen molar-refractivity contribution in [1.29, 1.82) is 0 Å². The molecule has 2 heterocycles. The minimum atomic E-state index is -0.840. The molecule has 2 aliphatic rings. The first kappa shape index (κ1) is 28.4. The number of carbonyl (C=O) groups excluding carboxylic acids is 3. The van der Waals surface area contributed by atoms with E-state index in [-0.39, 0.29) is 30.3 Å². The van der Waals surface area contributed by atoms with Crippen LogP contribution in [0.4, 0.5) is 5.69 Å². The van der Waals surface area contributed by atoms with E-state index in [0.717, 1.165) is 32.5 Å². The molecule has 3 aromatic carbocycles. The maximum atomic E-state index is 14.0. The van der Waals surface area contributed by atoms with Crippen molar-refractivity contribution in [3.05, 3.63) is 90.0 Å². The number of benzene rings is 3. The van der Waals surface area contributed by atoms with E-state index in [1.165, 1.54) is 10.5 Å². The van der Waals surface area contributed by atoms with Gasteiger partial charge in [-0.1, -0.05) is 69.3 Å². The van der Waals surface area contributed by atoms with Crippen molar-refractivity contribution < 1.29 is 19.1 Å². The van der Waals surface area contributed by atoms with Crippen molar-refractivity contribution in [1.82, 2.24) is 15.1 Å². The van der Waals surface area contributed by atoms with E-state index < -0.39 is 11.5 Å². The minimum Gasteiger partial charge on any atom is -0.457 e. The van der Waals surface area contributed by atoms with Gasteiger partial charge in [0.2, 0.25) is 11.8 Å². The number of fused-ring (bicyclic) bond motifs is 1. The second-order valence-electron chi connectivity index (χ2n) is 11.9. The predicted molar refractivity (Wildman–Crippen MR) is 159 cm³/mol. The molecule has 5 rings (SSSR count). The Morgan fingerprint density at radius 2 is 1.61 bits per heavy atom. The zero-order chi connectivity index (χ0) is 29.0. The lowest BCUT2D eigenvalue weighted by Gasteiger charge is -2.40. The normalized spacial score (nSPS) is 17.3. The molecule has 0 bridgehead atoms. The molecule has 3 aromatic rings. The number of para-hydroxylation sites is 1. The Morgan fingerprint density at radius 3 is 2.27 bits per heavy atom. The molecule has 0 aromatic heterocycles. The Bertz CT molecular complexity index is 1380. The van der Waals surface area contributed by atoms with Crippen molar-refractivity contribution in [3.8, 4) is 11.5 Å². The number of anilines is 1. The van der Waals surface area contributed by atoms with Crippen LogP contribution in [0, 0.1) is 5.41 Å². The fourth-order valence-corrected chi connectivity index (χ4v) is 5.64. The summed E-state index contributed by atoms with van der Waals surface area (Å²) in [6.07, 6.45) is 1.65. The molecule has 8 nitrogen and oxygen atoms in total. The van der Waals surface area contributed by atoms with Gasteiger partial charge in [-0.15, -0.1) is 0 Å². The summed E-state index contributed by atoms with van der Waals surface area (Å²) in [5, 5.41) is 6.05. The van der Waals surface area contributed by atoms with Crippen LogP contribution < -0.4 is 15.4 Å². The number of hydrogen-bond donors (Lipinski definition) is 2. The molecule has 214 valence electrons. The average Bonchev–Trinajstić information content (AvgIpc) is 3.06. The number of ether oxygens (including phenoxy) is 1. The highest BCUT2D eigenvalue weighted by molar-refractivity contribution is 6.10. The number of nitrogens with zero attached hydrogens (tertiary/aromatic N) is 2. The van der Waals surface area contributed by atoms with E-state index in [4.69, 9.17) is 4.74 Å². The summed E-state index contributed by atoms with van der Waals surface area (Å²) in [6, 6.07) is 23.8. The third-order valence-corrected chi connectivity index (χ3v) is 7.61. The Kier molecular flexibility index (Phi) is 8.40. The number of hydrogen-bond acceptors (Lipinski definition) is 5. The van der Waals surface area contributed by atoms with E-state index in [2.05, 4.69) is 39.8 Å². The summed E-state index contributed by atoms with van der Waals surface area (Å²) >= 11 is 0. The molecule has 0 saturated carbocycles. The van der Waals surface area contributed by atoms with Crippen LogP contribution in [0.1, 0.15) is 49.5 Å². The Labute approximate surface area is 241 Å². The minimum absolute atomic E-state index is 0.00782. The van der Waals surface area contributed by atoms with Gasteiger partial charge in [0.15, 0.2) is 0 Å². The van der Waals surface area contributed by atoms with Crippen molar-refractivity contribution >= 4 is 23.4 Å². The Hall–Kier alpha value is -4.17. The number of carbonyl (C=O) groups is 3. The van der Waals surface area contributed by atoms with Gasteiger partial charge in [-0.25, -0.2) is 0 Å². The molecule has 1 fully saturated rings. The fourth-order valence-electron chi connectivity index (χ4n) is 5.64. The van der Waals surface area contributed by atoms with Gasteiger partial charge < -0.3 is 20.3 Å². The number of rotatable bonds is 7. The molecule has 1 saturated heterocycles. The second kappa shape index (κ2) is 12.1. The van der Waals surface area contributed by atoms with Gasteiger partial charge >= 0.3 is 0 Å². The van der Waals surface area contributed by atoms with Gasteiger partial charge in [0, 0.05) is 25.7 Å². The summed E-state index contributed by atoms with van der Waals surface area (Å²) in [5.41, 5.74) is 1.36. The quantitative estimate of drug-likeness (QED) is 0.426. The van der Waals surface area contributed by atoms with E-state index in [0.29, 0.717) is 22.7 Å². The first-order chi connectivity index (χ1) is 19.7. The number of nitrogens with one attached hydrogen (secondary N) is 2. The highest BCUT2D eigenvalue weighted by Crippen LogP contribution is 2.33. The first-order valence-electron chi connectivity index (χ1n) is 14.2. The molecular formula is C33H38N4O4. The molecule has 0 spiro atoms. The van der Waals surface area contributed by atoms with Gasteiger partial charge in [-0.3, -0.25) is 19.3 Å². The summed E-state index contributed by atoms with van der Waals surface area (Å²) in [6.45, 7) is 8.19. The second-order valence-corrected chi connectivity index (χ2v) is 11.9. The van der Waals surface area contributed by atoms with E-state index in [1.54, 1.807) is 18.2 Å². The first-order valence-corrected chi connectivity index (χ1v) is 14.2. The zero-order valence-electron chi connectivity index (χ0n) is 23.9. The number of amides is 3. The van der Waals surface area contributed by atoms with Crippen LogP contribution in [-0.4, -0.2) is 59.2 Å². The van der Waals surface area contributed by atoms with Crippen LogP contribution in [0.3, 0.4) is 0 Å². The van der Waals surface area contributed by atoms with Crippen molar-refractivity contribution in [3.63, 3.8) is 0 Å². The van der Waals surface area contributed by atoms with Crippen LogP contribution in [0.25, 0.3) is 0 Å². The van der Waals surface area contributed by atoms with Gasteiger partial charge in [0.25, 0.3) is 5.91 Å². The van der Waals surface area contributed by atoms with E-state index in [9.17, 15) is 14.4 Å². The number of likely N-dealkylation sites (tertiary alicyclic amines) is 1. The van der Waals surface area contributed by atoms with E-state index >= 15 is 0 Å². The molecule has 0 radical (unpaired) electrons. The highest BCUT2D eigenvalue weighted by Gasteiger charge is 2.42. The summed E-state index contributed by atoms with van der Waals surface area (Å²) in [7, 11) is 0. The fraction of sp³-hybridized carbons (Fsp3) is 0.364. The lowest BCUT2D eigenvalue weighted by molar-refractivity contribution is -0.131. The zero-order valence-corrected chi connectivity index (χ0v) is 23.9. The highest BCUT2D eigenvalue weighted by atomic mass is 16.5. The molecule has 2 N–H and O–H groups in total. The monoisotopic (exact) mass is 554 g/mol. The molecule has 1 unspecified atom stereocenters. The lowest BCUT2D eigenvalue weighted by atomic mass is 9.84. The Morgan fingerprint density at radius 1 is 0.951 bits per heavy atom. The molecule has 2 aliphatic heterocycles. The number of piperidine rings is 1. The topological polar surface area (TPSA) is 91.0 Å². The van der Waals surface area contributed by atoms with E-state index in [1.807, 2.05) is 57.2 Å². The van der Waals surface area contributed by atoms with Gasteiger partial charge in [0.1, 0.15) is 24.1 Å². The van der Waals surface area contributed by atoms with Crippen molar-refractivity contribution in [2.75, 3.05) is 25.0 Å². The van der Waals surface area contributed by atoms with Gasteiger partial charge in [-0.2, -0.15) is 0 Å². The third kappa shape index (κ3) is 6.95. The summed E-state index contributed by atoms with van der Waals surface area (Å²) in [5.74, 6) is 0.143. The van der Waals surface area contributed by atoms with Crippen LogP contribution >= 0.6 is 0 Å². The maximum absolute atomic E-state index is 14.0. The van der Waals surface area contributed by atoms with Gasteiger partial charge in [0.05, 0.1) is 11.3 Å². The molecule has 1 atom stereocenters. The average molecular weight is 555 g/mol. The third-order valence-electron chi connectivity index (χ3n) is 7.61. The summed E-state index contributed by atoms with van der Waals surface area (Å²) < 4.78 is 5.95. The predicted octanol–water partition coefficient (Wildman–Crippen LogP) is 5.07. The Balaban J connectivity index is 1.31. The van der Waals surface area contributed by atoms with Crippen molar-refractivity contribution in [2.45, 2.75) is 52.2 Å². The lowest BCUT2D eigenvalue weighted by Crippen LogP contribution is -2.59. The van der Waals surface area contributed by atoms with Crippen LogP contribution in [0.5, 0.6) is 11.5 Å². The SMILES string of the molecule is CC(C)(C)C(C(=O)NC1CCN(Cc2ccccc2)CC1)N1CC(=O)Nc2ccc(Oc3ccccc3)cc2C1=O. The van der Waals surface area contributed by atoms with Crippen LogP contribution in [-0.2, 0) is 16.1 Å². The van der Waals surface area contributed by atoms with Crippen LogP contribution in [0.2, 0.25) is 0 Å². The van der Waals surface area contributed by atoms with Crippen LogP contribution in [0.15, 0.2) is 78.9 Å². The smallest absolute Gasteiger partial charge is 0.257 e. The summed E-state index contributed by atoms with van der Waals surface area (Å²) in [4.78, 5) is 44.6. The maximum Gasteiger partial charge on any atom is 0.257 e.